The molecule has 2 N–H and O–H groups in total. The highest BCUT2D eigenvalue weighted by Crippen LogP contribution is 2.26. The Kier molecular flexibility index (Phi) is 4.52. The molecule has 0 radical (unpaired) electrons. The number of hydrogen-bond donors (Lipinski definition) is 2. The molecule has 1 fully saturated rings. The molecule has 4 atom stereocenters. The Morgan fingerprint density at radius 1 is 1.47 bits per heavy atom. The van der Waals surface area contributed by atoms with Gasteiger partial charge in [-0.2, -0.15) is 0 Å². The summed E-state index contributed by atoms with van der Waals surface area (Å²) in [5, 5.41) is 18.5. The average Bonchev–Trinajstić information content (AvgIpc) is 2.80. The first kappa shape index (κ1) is 14.0. The summed E-state index contributed by atoms with van der Waals surface area (Å²) in [5.41, 5.74) is 0.487. The Balaban J connectivity index is 1.96. The van der Waals surface area contributed by atoms with Crippen molar-refractivity contribution >= 4 is 5.97 Å². The third-order valence-electron chi connectivity index (χ3n) is 3.39. The van der Waals surface area contributed by atoms with Gasteiger partial charge in [0.25, 0.3) is 0 Å². The van der Waals surface area contributed by atoms with Crippen LogP contribution < -0.4 is 0 Å². The smallest absolute Gasteiger partial charge is 0.338 e. The maximum absolute atomic E-state index is 11.9. The molecule has 5 nitrogen and oxygen atoms in total. The van der Waals surface area contributed by atoms with Gasteiger partial charge >= 0.3 is 5.97 Å². The molecule has 0 bridgehead atoms. The Bertz CT molecular complexity index is 419. The number of carbonyl (C=O) groups is 1. The van der Waals surface area contributed by atoms with Crippen molar-refractivity contribution in [2.75, 3.05) is 13.2 Å². The first-order valence-corrected chi connectivity index (χ1v) is 6.30. The fourth-order valence-electron chi connectivity index (χ4n) is 2.21. The van der Waals surface area contributed by atoms with Crippen molar-refractivity contribution < 1.29 is 24.5 Å². The van der Waals surface area contributed by atoms with Crippen molar-refractivity contribution in [3.8, 4) is 0 Å². The highest BCUT2D eigenvalue weighted by Gasteiger charge is 2.40. The van der Waals surface area contributed by atoms with Gasteiger partial charge in [0.2, 0.25) is 0 Å². The predicted octanol–water partition coefficient (Wildman–Crippen LogP) is 0.600. The Morgan fingerprint density at radius 3 is 2.79 bits per heavy atom. The molecule has 2 rings (SSSR count). The molecule has 1 aromatic carbocycles. The topological polar surface area (TPSA) is 76.0 Å². The summed E-state index contributed by atoms with van der Waals surface area (Å²) in [6.07, 6.45) is -1.85. The molecule has 1 saturated heterocycles. The van der Waals surface area contributed by atoms with Gasteiger partial charge in [-0.05, 0) is 12.1 Å². The van der Waals surface area contributed by atoms with Crippen LogP contribution in [-0.2, 0) is 9.47 Å². The molecule has 0 aliphatic carbocycles. The van der Waals surface area contributed by atoms with E-state index in [2.05, 4.69) is 0 Å². The Morgan fingerprint density at radius 2 is 2.16 bits per heavy atom. The molecule has 1 aromatic rings. The summed E-state index contributed by atoms with van der Waals surface area (Å²) in [7, 11) is 0. The lowest BCUT2D eigenvalue weighted by Gasteiger charge is -2.21. The summed E-state index contributed by atoms with van der Waals surface area (Å²) in [6.45, 7) is 1.70. The lowest BCUT2D eigenvalue weighted by molar-refractivity contribution is -0.0412. The zero-order valence-electron chi connectivity index (χ0n) is 10.7. The quantitative estimate of drug-likeness (QED) is 0.780. The lowest BCUT2D eigenvalue weighted by Crippen LogP contribution is -2.36. The summed E-state index contributed by atoms with van der Waals surface area (Å²) < 4.78 is 10.8. The van der Waals surface area contributed by atoms with Gasteiger partial charge in [-0.25, -0.2) is 4.79 Å². The average molecular weight is 266 g/mol. The molecule has 5 heteroatoms. The van der Waals surface area contributed by atoms with Crippen LogP contribution in [0.5, 0.6) is 0 Å². The maximum Gasteiger partial charge on any atom is 0.338 e. The molecule has 1 aliphatic heterocycles. The van der Waals surface area contributed by atoms with Crippen LogP contribution in [0.25, 0.3) is 0 Å². The van der Waals surface area contributed by atoms with E-state index >= 15 is 0 Å². The van der Waals surface area contributed by atoms with Crippen molar-refractivity contribution in [1.82, 2.24) is 0 Å². The summed E-state index contributed by atoms with van der Waals surface area (Å²) in [5.74, 6) is -0.560. The highest BCUT2D eigenvalue weighted by atomic mass is 16.6. The van der Waals surface area contributed by atoms with E-state index < -0.39 is 24.3 Å². The molecule has 0 aromatic heterocycles. The van der Waals surface area contributed by atoms with E-state index in [1.807, 2.05) is 13.0 Å². The summed E-state index contributed by atoms with van der Waals surface area (Å²) in [6, 6.07) is 8.73. The van der Waals surface area contributed by atoms with Crippen LogP contribution >= 0.6 is 0 Å². The minimum Gasteiger partial charge on any atom is -0.456 e. The van der Waals surface area contributed by atoms with Crippen molar-refractivity contribution in [3.05, 3.63) is 35.9 Å². The highest BCUT2D eigenvalue weighted by molar-refractivity contribution is 5.89. The van der Waals surface area contributed by atoms with E-state index in [9.17, 15) is 9.90 Å². The van der Waals surface area contributed by atoms with E-state index in [1.54, 1.807) is 24.3 Å². The van der Waals surface area contributed by atoms with Crippen LogP contribution in [0.1, 0.15) is 17.3 Å². The lowest BCUT2D eigenvalue weighted by atomic mass is 9.97. The van der Waals surface area contributed by atoms with Crippen LogP contribution in [0.2, 0.25) is 0 Å². The zero-order chi connectivity index (χ0) is 13.8. The molecule has 104 valence electrons. The number of aliphatic hydroxyl groups excluding tert-OH is 2. The van der Waals surface area contributed by atoms with Gasteiger partial charge in [-0.3, -0.25) is 0 Å². The second-order valence-electron chi connectivity index (χ2n) is 4.72. The van der Waals surface area contributed by atoms with Gasteiger partial charge in [-0.1, -0.05) is 25.1 Å². The molecule has 0 amide bonds. The fourth-order valence-corrected chi connectivity index (χ4v) is 2.21. The number of esters is 1. The second kappa shape index (κ2) is 6.14. The normalized spacial score (nSPS) is 28.1. The van der Waals surface area contributed by atoms with Crippen LogP contribution in [0.3, 0.4) is 0 Å². The van der Waals surface area contributed by atoms with E-state index in [1.165, 1.54) is 0 Å². The van der Waals surface area contributed by atoms with E-state index in [0.717, 1.165) is 0 Å². The third-order valence-corrected chi connectivity index (χ3v) is 3.39. The minimum absolute atomic E-state index is 0.158. The first-order valence-electron chi connectivity index (χ1n) is 6.30. The first-order chi connectivity index (χ1) is 9.13. The van der Waals surface area contributed by atoms with Gasteiger partial charge in [0.15, 0.2) is 0 Å². The fraction of sp³-hybridized carbons (Fsp3) is 0.500. The molecule has 0 saturated carbocycles. The molecule has 1 heterocycles. The van der Waals surface area contributed by atoms with Crippen LogP contribution in [0.15, 0.2) is 30.3 Å². The largest absolute Gasteiger partial charge is 0.456 e. The third kappa shape index (κ3) is 3.12. The van der Waals surface area contributed by atoms with Crippen molar-refractivity contribution in [2.24, 2.45) is 5.92 Å². The molecular weight excluding hydrogens is 248 g/mol. The monoisotopic (exact) mass is 266 g/mol. The number of hydrogen-bond acceptors (Lipinski definition) is 5. The minimum atomic E-state index is -0.949. The number of benzene rings is 1. The Labute approximate surface area is 111 Å². The van der Waals surface area contributed by atoms with E-state index in [-0.39, 0.29) is 19.1 Å². The molecule has 0 spiro atoms. The van der Waals surface area contributed by atoms with Gasteiger partial charge in [-0.15, -0.1) is 0 Å². The van der Waals surface area contributed by atoms with Gasteiger partial charge in [0, 0.05) is 5.92 Å². The van der Waals surface area contributed by atoms with Crippen LogP contribution in [0, 0.1) is 5.92 Å². The molecule has 19 heavy (non-hydrogen) atoms. The maximum atomic E-state index is 11.9. The van der Waals surface area contributed by atoms with Gasteiger partial charge in [0.05, 0.1) is 24.9 Å². The van der Waals surface area contributed by atoms with Crippen molar-refractivity contribution in [2.45, 2.75) is 25.2 Å². The van der Waals surface area contributed by atoms with Crippen LogP contribution in [0.4, 0.5) is 0 Å². The molecule has 1 aliphatic rings. The van der Waals surface area contributed by atoms with Crippen molar-refractivity contribution in [3.63, 3.8) is 0 Å². The van der Waals surface area contributed by atoms with Gasteiger partial charge < -0.3 is 19.7 Å². The predicted molar refractivity (Wildman–Crippen MR) is 67.6 cm³/mol. The van der Waals surface area contributed by atoms with Crippen LogP contribution in [-0.4, -0.2) is 47.7 Å². The second-order valence-corrected chi connectivity index (χ2v) is 4.72. The number of carbonyl (C=O) groups excluding carboxylic acids is 1. The summed E-state index contributed by atoms with van der Waals surface area (Å²) in [4.78, 5) is 11.9. The van der Waals surface area contributed by atoms with E-state index in [0.29, 0.717) is 5.56 Å². The standard InChI is InChI=1S/C14H18O5/c1-9-12(8-18-13(9)11(16)7-15)19-14(17)10-5-3-2-4-6-10/h2-6,9,11-13,15-16H,7-8H2,1H3/t9-,11-,12+,13+/m1/s1. The number of rotatable bonds is 4. The van der Waals surface area contributed by atoms with E-state index in [4.69, 9.17) is 14.6 Å². The summed E-state index contributed by atoms with van der Waals surface area (Å²) >= 11 is 0. The number of aliphatic hydroxyl groups is 2. The molecule has 0 unspecified atom stereocenters. The SMILES string of the molecule is C[C@H]1[C@@H]([C@H](O)CO)OC[C@@H]1OC(=O)c1ccccc1. The Hall–Kier alpha value is -1.43. The molecular formula is C14H18O5. The number of ether oxygens (including phenoxy) is 2. The van der Waals surface area contributed by atoms with Crippen molar-refractivity contribution in [1.29, 1.82) is 0 Å². The zero-order valence-corrected chi connectivity index (χ0v) is 10.7. The van der Waals surface area contributed by atoms with Gasteiger partial charge in [0.1, 0.15) is 12.2 Å².